The topological polar surface area (TPSA) is 88.9 Å². The zero-order valence-electron chi connectivity index (χ0n) is 16.7. The number of carbonyl (C=O) groups is 1. The van der Waals surface area contributed by atoms with Crippen LogP contribution in [-0.2, 0) is 6.54 Å². The number of allylic oxidation sites excluding steroid dienone is 1. The van der Waals surface area contributed by atoms with Crippen molar-refractivity contribution in [3.05, 3.63) is 116 Å². The van der Waals surface area contributed by atoms with E-state index in [1.807, 2.05) is 65.4 Å². The van der Waals surface area contributed by atoms with Crippen LogP contribution in [0.5, 0.6) is 0 Å². The number of para-hydroxylation sites is 1. The van der Waals surface area contributed by atoms with E-state index >= 15 is 0 Å². The summed E-state index contributed by atoms with van der Waals surface area (Å²) in [5.41, 5.74) is 2.35. The standard InChI is InChI=1S/C25H16ClN3O3/c26-23-10-3-1-6-18(23)15-28-16-20(22-9-2-4-11-24(22)28)12-19(14-27)25(30)17-7-5-8-21(13-17)29(31)32/h1-13,16H,15H2/b19-12+. The molecule has 0 spiro atoms. The van der Waals surface area contributed by atoms with E-state index in [1.54, 1.807) is 0 Å². The van der Waals surface area contributed by atoms with Gasteiger partial charge < -0.3 is 4.57 Å². The molecule has 6 nitrogen and oxygen atoms in total. The lowest BCUT2D eigenvalue weighted by Gasteiger charge is -2.07. The zero-order chi connectivity index (χ0) is 22.7. The van der Waals surface area contributed by atoms with Gasteiger partial charge >= 0.3 is 0 Å². The minimum atomic E-state index is -0.575. The molecule has 1 heterocycles. The highest BCUT2D eigenvalue weighted by atomic mass is 35.5. The van der Waals surface area contributed by atoms with Crippen LogP contribution in [0.1, 0.15) is 21.5 Å². The van der Waals surface area contributed by atoms with Gasteiger partial charge in [0.05, 0.1) is 4.92 Å². The number of nitro benzene ring substituents is 1. The maximum atomic E-state index is 12.9. The summed E-state index contributed by atoms with van der Waals surface area (Å²) in [5, 5.41) is 22.2. The molecule has 0 N–H and O–H groups in total. The van der Waals surface area contributed by atoms with Gasteiger partial charge in [-0.05, 0) is 23.8 Å². The van der Waals surface area contributed by atoms with Crippen LogP contribution in [0.3, 0.4) is 0 Å². The van der Waals surface area contributed by atoms with Gasteiger partial charge in [-0.15, -0.1) is 0 Å². The van der Waals surface area contributed by atoms with Crippen molar-refractivity contribution in [2.24, 2.45) is 0 Å². The summed E-state index contributed by atoms with van der Waals surface area (Å²) in [6, 6.07) is 22.5. The Morgan fingerprint density at radius 2 is 1.84 bits per heavy atom. The van der Waals surface area contributed by atoms with Crippen LogP contribution >= 0.6 is 11.6 Å². The van der Waals surface area contributed by atoms with Gasteiger partial charge in [-0.25, -0.2) is 0 Å². The van der Waals surface area contributed by atoms with Crippen LogP contribution in [0.4, 0.5) is 5.69 Å². The minimum Gasteiger partial charge on any atom is -0.342 e. The van der Waals surface area contributed by atoms with Crippen LogP contribution in [0, 0.1) is 21.4 Å². The second-order valence-corrected chi connectivity index (χ2v) is 7.53. The molecule has 0 unspecified atom stereocenters. The monoisotopic (exact) mass is 441 g/mol. The number of ketones is 1. The highest BCUT2D eigenvalue weighted by molar-refractivity contribution is 6.31. The third kappa shape index (κ3) is 4.15. The van der Waals surface area contributed by atoms with E-state index in [2.05, 4.69) is 0 Å². The van der Waals surface area contributed by atoms with Gasteiger partial charge in [0, 0.05) is 51.9 Å². The average molecular weight is 442 g/mol. The van der Waals surface area contributed by atoms with E-state index in [1.165, 1.54) is 30.3 Å². The molecule has 156 valence electrons. The molecule has 0 atom stereocenters. The third-order valence-electron chi connectivity index (χ3n) is 5.10. The molecule has 0 saturated carbocycles. The Labute approximate surface area is 188 Å². The van der Waals surface area contributed by atoms with E-state index < -0.39 is 10.7 Å². The SMILES string of the molecule is N#C/C(=C\c1cn(Cc2ccccc2Cl)c2ccccc12)C(=O)c1cccc([N+](=O)[O-])c1. The van der Waals surface area contributed by atoms with Crippen molar-refractivity contribution in [1.82, 2.24) is 4.57 Å². The van der Waals surface area contributed by atoms with Crippen molar-refractivity contribution in [2.75, 3.05) is 0 Å². The Morgan fingerprint density at radius 3 is 2.59 bits per heavy atom. The fourth-order valence-corrected chi connectivity index (χ4v) is 3.75. The molecule has 0 saturated heterocycles. The third-order valence-corrected chi connectivity index (χ3v) is 5.47. The smallest absolute Gasteiger partial charge is 0.270 e. The maximum Gasteiger partial charge on any atom is 0.270 e. The summed E-state index contributed by atoms with van der Waals surface area (Å²) in [7, 11) is 0. The predicted octanol–water partition coefficient (Wildman–Crippen LogP) is 6.04. The van der Waals surface area contributed by atoms with Crippen molar-refractivity contribution >= 4 is 40.1 Å². The molecule has 0 radical (unpaired) electrons. The largest absolute Gasteiger partial charge is 0.342 e. The van der Waals surface area contributed by atoms with E-state index in [-0.39, 0.29) is 16.8 Å². The number of nitro groups is 1. The summed E-state index contributed by atoms with van der Waals surface area (Å²) < 4.78 is 2.01. The van der Waals surface area contributed by atoms with Crippen LogP contribution in [0.25, 0.3) is 17.0 Å². The molecule has 4 rings (SSSR count). The molecular weight excluding hydrogens is 426 g/mol. The lowest BCUT2D eigenvalue weighted by Crippen LogP contribution is -2.02. The normalized spacial score (nSPS) is 11.3. The number of hydrogen-bond acceptors (Lipinski definition) is 4. The molecule has 0 aliphatic rings. The molecular formula is C25H16ClN3O3. The molecule has 0 aliphatic heterocycles. The summed E-state index contributed by atoms with van der Waals surface area (Å²) in [6.07, 6.45) is 3.39. The van der Waals surface area contributed by atoms with Crippen molar-refractivity contribution in [2.45, 2.75) is 6.54 Å². The zero-order valence-corrected chi connectivity index (χ0v) is 17.5. The van der Waals surface area contributed by atoms with Crippen molar-refractivity contribution < 1.29 is 9.72 Å². The molecule has 0 aliphatic carbocycles. The predicted molar refractivity (Wildman–Crippen MR) is 124 cm³/mol. The fraction of sp³-hybridized carbons (Fsp3) is 0.0400. The quantitative estimate of drug-likeness (QED) is 0.120. The number of rotatable bonds is 6. The number of nitrogens with zero attached hydrogens (tertiary/aromatic N) is 3. The number of Topliss-reactive ketones (excluding diaryl/α,β-unsaturated/α-hetero) is 1. The molecule has 3 aromatic carbocycles. The van der Waals surface area contributed by atoms with Crippen molar-refractivity contribution in [3.63, 3.8) is 0 Å². The summed E-state index contributed by atoms with van der Waals surface area (Å²) in [6.45, 7) is 0.523. The second-order valence-electron chi connectivity index (χ2n) is 7.13. The number of aromatic nitrogens is 1. The average Bonchev–Trinajstić information content (AvgIpc) is 3.16. The van der Waals surface area contributed by atoms with E-state index in [0.717, 1.165) is 16.5 Å². The lowest BCUT2D eigenvalue weighted by molar-refractivity contribution is -0.384. The summed E-state index contributed by atoms with van der Waals surface area (Å²) >= 11 is 6.32. The first-order valence-electron chi connectivity index (χ1n) is 9.70. The van der Waals surface area contributed by atoms with Crippen LogP contribution in [0.15, 0.2) is 84.6 Å². The number of non-ortho nitro benzene ring substituents is 1. The fourth-order valence-electron chi connectivity index (χ4n) is 3.55. The van der Waals surface area contributed by atoms with E-state index in [0.29, 0.717) is 17.1 Å². The Hall–Kier alpha value is -4.21. The lowest BCUT2D eigenvalue weighted by atomic mass is 10.0. The molecule has 1 aromatic heterocycles. The number of hydrogen-bond donors (Lipinski definition) is 0. The van der Waals surface area contributed by atoms with Gasteiger partial charge in [-0.3, -0.25) is 14.9 Å². The molecule has 0 fully saturated rings. The minimum absolute atomic E-state index is 0.0896. The first-order chi connectivity index (χ1) is 15.5. The number of halogens is 1. The van der Waals surface area contributed by atoms with E-state index in [9.17, 15) is 20.2 Å². The maximum absolute atomic E-state index is 12.9. The van der Waals surface area contributed by atoms with Crippen LogP contribution in [0.2, 0.25) is 5.02 Å². The van der Waals surface area contributed by atoms with Gasteiger partial charge in [0.25, 0.3) is 5.69 Å². The Kier molecular flexibility index (Phi) is 5.84. The first-order valence-corrected chi connectivity index (χ1v) is 10.1. The number of nitriles is 1. The molecule has 0 bridgehead atoms. The molecule has 0 amide bonds. The Balaban J connectivity index is 1.76. The van der Waals surface area contributed by atoms with Crippen LogP contribution in [-0.4, -0.2) is 15.3 Å². The highest BCUT2D eigenvalue weighted by Gasteiger charge is 2.17. The first kappa shape index (κ1) is 21.0. The van der Waals surface area contributed by atoms with Crippen LogP contribution < -0.4 is 0 Å². The molecule has 32 heavy (non-hydrogen) atoms. The van der Waals surface area contributed by atoms with Crippen molar-refractivity contribution in [3.8, 4) is 6.07 Å². The Morgan fingerprint density at radius 1 is 1.09 bits per heavy atom. The molecule has 4 aromatic rings. The second kappa shape index (κ2) is 8.88. The van der Waals surface area contributed by atoms with Gasteiger partial charge in [0.2, 0.25) is 5.78 Å². The Bertz CT molecular complexity index is 1430. The van der Waals surface area contributed by atoms with Crippen molar-refractivity contribution in [1.29, 1.82) is 5.26 Å². The number of fused-ring (bicyclic) bond motifs is 1. The number of carbonyl (C=O) groups excluding carboxylic acids is 1. The van der Waals surface area contributed by atoms with E-state index in [4.69, 9.17) is 11.6 Å². The van der Waals surface area contributed by atoms with Gasteiger partial charge in [0.1, 0.15) is 11.6 Å². The number of benzene rings is 3. The molecule has 7 heteroatoms. The van der Waals surface area contributed by atoms with Gasteiger partial charge in [-0.1, -0.05) is 60.1 Å². The summed E-state index contributed by atoms with van der Waals surface area (Å²) in [4.78, 5) is 23.4. The van der Waals surface area contributed by atoms with Gasteiger partial charge in [0.15, 0.2) is 0 Å². The highest BCUT2D eigenvalue weighted by Crippen LogP contribution is 2.27. The van der Waals surface area contributed by atoms with Gasteiger partial charge in [-0.2, -0.15) is 5.26 Å². The summed E-state index contributed by atoms with van der Waals surface area (Å²) in [5.74, 6) is -0.570.